The first kappa shape index (κ1) is 11.6. The van der Waals surface area contributed by atoms with Crippen molar-refractivity contribution < 1.29 is 4.52 Å². The van der Waals surface area contributed by atoms with Crippen LogP contribution in [0, 0.1) is 5.92 Å². The number of hydrogen-bond acceptors (Lipinski definition) is 4. The highest BCUT2D eigenvalue weighted by Crippen LogP contribution is 2.33. The van der Waals surface area contributed by atoms with Crippen molar-refractivity contribution in [2.75, 3.05) is 6.54 Å². The molecule has 0 aromatic carbocycles. The maximum Gasteiger partial charge on any atom is 0.231 e. The lowest BCUT2D eigenvalue weighted by atomic mass is 9.96. The van der Waals surface area contributed by atoms with E-state index in [2.05, 4.69) is 24.0 Å². The Bertz CT molecular complexity index is 329. The van der Waals surface area contributed by atoms with Gasteiger partial charge in [0.05, 0.1) is 5.92 Å². The van der Waals surface area contributed by atoms with Crippen LogP contribution in [0.15, 0.2) is 4.52 Å². The van der Waals surface area contributed by atoms with Crippen LogP contribution in [-0.2, 0) is 0 Å². The molecule has 0 spiro atoms. The molecule has 4 nitrogen and oxygen atoms in total. The topological polar surface area (TPSA) is 64.9 Å². The molecule has 0 radical (unpaired) electrons. The molecule has 1 aliphatic rings. The Hall–Kier alpha value is -0.900. The molecule has 1 aromatic heterocycles. The van der Waals surface area contributed by atoms with E-state index in [0.717, 1.165) is 11.7 Å². The van der Waals surface area contributed by atoms with E-state index < -0.39 is 0 Å². The number of nitrogens with two attached hydrogens (primary N) is 1. The molecule has 0 amide bonds. The third-order valence-electron chi connectivity index (χ3n) is 3.55. The van der Waals surface area contributed by atoms with E-state index in [4.69, 9.17) is 10.3 Å². The molecule has 1 atom stereocenters. The molecule has 1 unspecified atom stereocenters. The van der Waals surface area contributed by atoms with Crippen LogP contribution in [0.25, 0.3) is 0 Å². The van der Waals surface area contributed by atoms with Crippen LogP contribution in [0.4, 0.5) is 0 Å². The zero-order chi connectivity index (χ0) is 11.5. The van der Waals surface area contributed by atoms with Crippen LogP contribution in [0.1, 0.15) is 63.1 Å². The van der Waals surface area contributed by atoms with Gasteiger partial charge in [-0.05, 0) is 18.8 Å². The van der Waals surface area contributed by atoms with E-state index in [1.54, 1.807) is 0 Å². The standard InChI is InChI=1S/C12H21N3O/c1-8(2)10(7-13)12-14-11(15-16-12)9-5-3-4-6-9/h8-10H,3-7,13H2,1-2H3. The summed E-state index contributed by atoms with van der Waals surface area (Å²) in [5.74, 6) is 2.78. The van der Waals surface area contributed by atoms with E-state index in [1.165, 1.54) is 25.7 Å². The Balaban J connectivity index is 2.11. The molecule has 90 valence electrons. The zero-order valence-electron chi connectivity index (χ0n) is 10.1. The molecule has 1 aliphatic carbocycles. The number of nitrogens with zero attached hydrogens (tertiary/aromatic N) is 2. The van der Waals surface area contributed by atoms with Gasteiger partial charge >= 0.3 is 0 Å². The van der Waals surface area contributed by atoms with Crippen molar-refractivity contribution in [1.82, 2.24) is 10.1 Å². The van der Waals surface area contributed by atoms with Gasteiger partial charge in [-0.2, -0.15) is 4.98 Å². The first-order valence-electron chi connectivity index (χ1n) is 6.26. The molecule has 4 heteroatoms. The van der Waals surface area contributed by atoms with Gasteiger partial charge in [0.1, 0.15) is 0 Å². The maximum atomic E-state index is 5.74. The van der Waals surface area contributed by atoms with Crippen LogP contribution in [0.3, 0.4) is 0 Å². The Morgan fingerprint density at radius 1 is 1.38 bits per heavy atom. The lowest BCUT2D eigenvalue weighted by Gasteiger charge is -2.13. The number of hydrogen-bond donors (Lipinski definition) is 1. The molecule has 1 aromatic rings. The van der Waals surface area contributed by atoms with E-state index in [9.17, 15) is 0 Å². The zero-order valence-corrected chi connectivity index (χ0v) is 10.1. The third kappa shape index (κ3) is 2.26. The predicted octanol–water partition coefficient (Wildman–Crippen LogP) is 2.43. The van der Waals surface area contributed by atoms with Gasteiger partial charge in [0.15, 0.2) is 5.82 Å². The van der Waals surface area contributed by atoms with Crippen molar-refractivity contribution >= 4 is 0 Å². The van der Waals surface area contributed by atoms with Crippen molar-refractivity contribution in [3.63, 3.8) is 0 Å². The summed E-state index contributed by atoms with van der Waals surface area (Å²) >= 11 is 0. The average molecular weight is 223 g/mol. The van der Waals surface area contributed by atoms with Gasteiger partial charge in [-0.1, -0.05) is 31.8 Å². The molecule has 0 aliphatic heterocycles. The largest absolute Gasteiger partial charge is 0.339 e. The molecule has 1 heterocycles. The highest BCUT2D eigenvalue weighted by molar-refractivity contribution is 5.01. The highest BCUT2D eigenvalue weighted by atomic mass is 16.5. The Morgan fingerprint density at radius 3 is 2.62 bits per heavy atom. The Kier molecular flexibility index (Phi) is 3.59. The minimum absolute atomic E-state index is 0.197. The second kappa shape index (κ2) is 4.95. The van der Waals surface area contributed by atoms with Gasteiger partial charge in [0, 0.05) is 12.5 Å². The van der Waals surface area contributed by atoms with E-state index >= 15 is 0 Å². The van der Waals surface area contributed by atoms with Gasteiger partial charge in [-0.3, -0.25) is 0 Å². The van der Waals surface area contributed by atoms with E-state index in [0.29, 0.717) is 18.4 Å². The fraction of sp³-hybridized carbons (Fsp3) is 0.833. The maximum absolute atomic E-state index is 5.74. The second-order valence-corrected chi connectivity index (χ2v) is 5.06. The SMILES string of the molecule is CC(C)C(CN)c1nc(C2CCCC2)no1. The fourth-order valence-electron chi connectivity index (χ4n) is 2.41. The first-order valence-corrected chi connectivity index (χ1v) is 6.26. The van der Waals surface area contributed by atoms with Crippen LogP contribution >= 0.6 is 0 Å². The van der Waals surface area contributed by atoms with Gasteiger partial charge in [0.25, 0.3) is 0 Å². The van der Waals surface area contributed by atoms with E-state index in [-0.39, 0.29) is 5.92 Å². The smallest absolute Gasteiger partial charge is 0.231 e. The summed E-state index contributed by atoms with van der Waals surface area (Å²) in [6.45, 7) is 4.85. The molecular formula is C12H21N3O. The van der Waals surface area contributed by atoms with Crippen LogP contribution in [-0.4, -0.2) is 16.7 Å². The summed E-state index contributed by atoms with van der Waals surface area (Å²) in [5.41, 5.74) is 5.74. The summed E-state index contributed by atoms with van der Waals surface area (Å²) < 4.78 is 5.35. The van der Waals surface area contributed by atoms with E-state index in [1.807, 2.05) is 0 Å². The quantitative estimate of drug-likeness (QED) is 0.851. The average Bonchev–Trinajstić information content (AvgIpc) is 2.86. The monoisotopic (exact) mass is 223 g/mol. The van der Waals surface area contributed by atoms with Crippen LogP contribution < -0.4 is 5.73 Å². The van der Waals surface area contributed by atoms with Crippen LogP contribution in [0.2, 0.25) is 0 Å². The lowest BCUT2D eigenvalue weighted by molar-refractivity contribution is 0.320. The van der Waals surface area contributed by atoms with Gasteiger partial charge < -0.3 is 10.3 Å². The van der Waals surface area contributed by atoms with Crippen molar-refractivity contribution in [1.29, 1.82) is 0 Å². The molecule has 16 heavy (non-hydrogen) atoms. The Labute approximate surface area is 96.6 Å². The predicted molar refractivity (Wildman–Crippen MR) is 62.1 cm³/mol. The molecule has 1 fully saturated rings. The molecule has 2 N–H and O–H groups in total. The third-order valence-corrected chi connectivity index (χ3v) is 3.55. The number of rotatable bonds is 4. The second-order valence-electron chi connectivity index (χ2n) is 5.06. The minimum Gasteiger partial charge on any atom is -0.339 e. The van der Waals surface area contributed by atoms with Crippen molar-refractivity contribution in [3.8, 4) is 0 Å². The van der Waals surface area contributed by atoms with Gasteiger partial charge in [-0.15, -0.1) is 0 Å². The summed E-state index contributed by atoms with van der Waals surface area (Å²) in [5, 5.41) is 4.11. The van der Waals surface area contributed by atoms with Crippen molar-refractivity contribution in [2.24, 2.45) is 11.7 Å². The lowest BCUT2D eigenvalue weighted by Crippen LogP contribution is -2.18. The highest BCUT2D eigenvalue weighted by Gasteiger charge is 2.25. The molecular weight excluding hydrogens is 202 g/mol. The molecule has 0 saturated heterocycles. The molecule has 0 bridgehead atoms. The summed E-state index contributed by atoms with van der Waals surface area (Å²) in [4.78, 5) is 4.53. The molecule has 2 rings (SSSR count). The Morgan fingerprint density at radius 2 is 2.06 bits per heavy atom. The number of aromatic nitrogens is 2. The van der Waals surface area contributed by atoms with Crippen molar-refractivity contribution in [3.05, 3.63) is 11.7 Å². The van der Waals surface area contributed by atoms with Crippen LogP contribution in [0.5, 0.6) is 0 Å². The summed E-state index contributed by atoms with van der Waals surface area (Å²) in [7, 11) is 0. The van der Waals surface area contributed by atoms with Gasteiger partial charge in [-0.25, -0.2) is 0 Å². The normalized spacial score (nSPS) is 19.5. The summed E-state index contributed by atoms with van der Waals surface area (Å²) in [6.07, 6.45) is 4.99. The minimum atomic E-state index is 0.197. The van der Waals surface area contributed by atoms with Crippen molar-refractivity contribution in [2.45, 2.75) is 51.4 Å². The summed E-state index contributed by atoms with van der Waals surface area (Å²) in [6, 6.07) is 0. The molecule has 1 saturated carbocycles. The fourth-order valence-corrected chi connectivity index (χ4v) is 2.41. The first-order chi connectivity index (χ1) is 7.72. The van der Waals surface area contributed by atoms with Gasteiger partial charge in [0.2, 0.25) is 5.89 Å².